The van der Waals surface area contributed by atoms with E-state index in [2.05, 4.69) is 43.3 Å². The zero-order valence-corrected chi connectivity index (χ0v) is 10.2. The van der Waals surface area contributed by atoms with Gasteiger partial charge in [-0.2, -0.15) is 0 Å². The summed E-state index contributed by atoms with van der Waals surface area (Å²) in [4.78, 5) is 0. The van der Waals surface area contributed by atoms with Crippen LogP contribution in [0.15, 0.2) is 6.20 Å². The van der Waals surface area contributed by atoms with Crippen molar-refractivity contribution in [2.24, 2.45) is 5.92 Å². The molecule has 1 aromatic heterocycles. The van der Waals surface area contributed by atoms with Crippen molar-refractivity contribution in [3.63, 3.8) is 0 Å². The summed E-state index contributed by atoms with van der Waals surface area (Å²) in [6.45, 7) is 10.5. The monoisotopic (exact) mass is 210 g/mol. The van der Waals surface area contributed by atoms with E-state index < -0.39 is 0 Å². The molecule has 0 amide bonds. The van der Waals surface area contributed by atoms with E-state index >= 15 is 0 Å². The van der Waals surface area contributed by atoms with E-state index in [1.165, 1.54) is 6.42 Å². The minimum Gasteiger partial charge on any atom is -0.309 e. The second kappa shape index (κ2) is 5.85. The molecular weight excluding hydrogens is 188 g/mol. The van der Waals surface area contributed by atoms with Crippen molar-refractivity contribution in [2.45, 2.75) is 53.2 Å². The molecule has 0 bridgehead atoms. The SMILES string of the molecule is CCC(C)Cn1cc(CNC(C)C)nn1. The van der Waals surface area contributed by atoms with Gasteiger partial charge >= 0.3 is 0 Å². The Morgan fingerprint density at radius 2 is 2.13 bits per heavy atom. The molecule has 1 rings (SSSR count). The highest BCUT2D eigenvalue weighted by Gasteiger charge is 2.04. The fourth-order valence-electron chi connectivity index (χ4n) is 1.27. The molecule has 86 valence electrons. The van der Waals surface area contributed by atoms with Crippen LogP contribution in [0.1, 0.15) is 39.8 Å². The summed E-state index contributed by atoms with van der Waals surface area (Å²) in [6.07, 6.45) is 3.21. The molecule has 1 atom stereocenters. The summed E-state index contributed by atoms with van der Waals surface area (Å²) in [5.41, 5.74) is 1.02. The molecule has 0 aliphatic rings. The molecule has 0 saturated heterocycles. The van der Waals surface area contributed by atoms with E-state index in [4.69, 9.17) is 0 Å². The van der Waals surface area contributed by atoms with Gasteiger partial charge in [-0.1, -0.05) is 39.3 Å². The van der Waals surface area contributed by atoms with Crippen LogP contribution in [-0.2, 0) is 13.1 Å². The number of nitrogens with one attached hydrogen (secondary N) is 1. The molecule has 1 heterocycles. The highest BCUT2D eigenvalue weighted by atomic mass is 15.4. The van der Waals surface area contributed by atoms with Crippen LogP contribution < -0.4 is 5.32 Å². The summed E-state index contributed by atoms with van der Waals surface area (Å²) in [5, 5.41) is 11.6. The largest absolute Gasteiger partial charge is 0.309 e. The van der Waals surface area contributed by atoms with Gasteiger partial charge in [0.25, 0.3) is 0 Å². The minimum atomic E-state index is 0.490. The van der Waals surface area contributed by atoms with Crippen molar-refractivity contribution >= 4 is 0 Å². The van der Waals surface area contributed by atoms with Crippen molar-refractivity contribution in [2.75, 3.05) is 0 Å². The molecule has 1 unspecified atom stereocenters. The van der Waals surface area contributed by atoms with Gasteiger partial charge in [0.1, 0.15) is 0 Å². The van der Waals surface area contributed by atoms with Crippen molar-refractivity contribution in [3.8, 4) is 0 Å². The average molecular weight is 210 g/mol. The maximum atomic E-state index is 4.13. The number of aromatic nitrogens is 3. The first kappa shape index (κ1) is 12.2. The smallest absolute Gasteiger partial charge is 0.0964 e. The van der Waals surface area contributed by atoms with E-state index in [0.29, 0.717) is 12.0 Å². The minimum absolute atomic E-state index is 0.490. The average Bonchev–Trinajstić information content (AvgIpc) is 2.62. The van der Waals surface area contributed by atoms with Gasteiger partial charge in [0.15, 0.2) is 0 Å². The van der Waals surface area contributed by atoms with E-state index in [1.807, 2.05) is 10.9 Å². The highest BCUT2D eigenvalue weighted by Crippen LogP contribution is 2.04. The molecular formula is C11H22N4. The summed E-state index contributed by atoms with van der Waals surface area (Å²) in [6, 6.07) is 0.490. The summed E-state index contributed by atoms with van der Waals surface area (Å²) in [7, 11) is 0. The Morgan fingerprint density at radius 3 is 2.73 bits per heavy atom. The van der Waals surface area contributed by atoms with Crippen LogP contribution in [0.5, 0.6) is 0 Å². The fourth-order valence-corrected chi connectivity index (χ4v) is 1.27. The Kier molecular flexibility index (Phi) is 4.75. The van der Waals surface area contributed by atoms with Crippen LogP contribution in [0.3, 0.4) is 0 Å². The lowest BCUT2D eigenvalue weighted by atomic mass is 10.1. The quantitative estimate of drug-likeness (QED) is 0.779. The third kappa shape index (κ3) is 4.42. The van der Waals surface area contributed by atoms with Crippen molar-refractivity contribution in [1.29, 1.82) is 0 Å². The lowest BCUT2D eigenvalue weighted by Gasteiger charge is -2.06. The van der Waals surface area contributed by atoms with Gasteiger partial charge in [0.2, 0.25) is 0 Å². The first-order chi connectivity index (χ1) is 7.11. The molecule has 0 aliphatic heterocycles. The summed E-state index contributed by atoms with van der Waals surface area (Å²) < 4.78 is 1.94. The number of hydrogen-bond donors (Lipinski definition) is 1. The van der Waals surface area contributed by atoms with Crippen LogP contribution in [0.2, 0.25) is 0 Å². The van der Waals surface area contributed by atoms with Crippen LogP contribution in [0, 0.1) is 5.92 Å². The Balaban J connectivity index is 2.42. The second-order valence-corrected chi connectivity index (χ2v) is 4.48. The van der Waals surface area contributed by atoms with Crippen LogP contribution in [0.25, 0.3) is 0 Å². The Labute approximate surface area is 92.1 Å². The van der Waals surface area contributed by atoms with E-state index in [9.17, 15) is 0 Å². The normalized spacial score (nSPS) is 13.4. The Bertz CT molecular complexity index is 280. The molecule has 0 spiro atoms. The molecule has 4 nitrogen and oxygen atoms in total. The lowest BCUT2D eigenvalue weighted by molar-refractivity contribution is 0.431. The molecule has 0 radical (unpaired) electrons. The van der Waals surface area contributed by atoms with Crippen LogP contribution in [0.4, 0.5) is 0 Å². The first-order valence-electron chi connectivity index (χ1n) is 5.74. The first-order valence-corrected chi connectivity index (χ1v) is 5.74. The fraction of sp³-hybridized carbons (Fsp3) is 0.818. The summed E-state index contributed by atoms with van der Waals surface area (Å²) >= 11 is 0. The zero-order chi connectivity index (χ0) is 11.3. The van der Waals surface area contributed by atoms with Gasteiger partial charge < -0.3 is 5.32 Å². The maximum Gasteiger partial charge on any atom is 0.0964 e. The lowest BCUT2D eigenvalue weighted by Crippen LogP contribution is -2.21. The third-order valence-electron chi connectivity index (χ3n) is 2.47. The number of nitrogens with zero attached hydrogens (tertiary/aromatic N) is 3. The van der Waals surface area contributed by atoms with E-state index in [-0.39, 0.29) is 0 Å². The molecule has 4 heteroatoms. The van der Waals surface area contributed by atoms with Gasteiger partial charge in [0.05, 0.1) is 5.69 Å². The molecule has 1 aromatic rings. The topological polar surface area (TPSA) is 42.7 Å². The van der Waals surface area contributed by atoms with Crippen molar-refractivity contribution in [3.05, 3.63) is 11.9 Å². The molecule has 0 aromatic carbocycles. The molecule has 1 N–H and O–H groups in total. The highest BCUT2D eigenvalue weighted by molar-refractivity contribution is 4.91. The van der Waals surface area contributed by atoms with Gasteiger partial charge in [0, 0.05) is 25.3 Å². The van der Waals surface area contributed by atoms with Crippen LogP contribution in [-0.4, -0.2) is 21.0 Å². The van der Waals surface area contributed by atoms with Gasteiger partial charge in [-0.25, -0.2) is 0 Å². The van der Waals surface area contributed by atoms with Crippen molar-refractivity contribution in [1.82, 2.24) is 20.3 Å². The van der Waals surface area contributed by atoms with Crippen molar-refractivity contribution < 1.29 is 0 Å². The molecule has 15 heavy (non-hydrogen) atoms. The van der Waals surface area contributed by atoms with E-state index in [0.717, 1.165) is 18.8 Å². The van der Waals surface area contributed by atoms with Gasteiger partial charge in [-0.15, -0.1) is 5.10 Å². The maximum absolute atomic E-state index is 4.13. The Hall–Kier alpha value is -0.900. The van der Waals surface area contributed by atoms with Crippen LogP contribution >= 0.6 is 0 Å². The third-order valence-corrected chi connectivity index (χ3v) is 2.47. The molecule has 0 fully saturated rings. The molecule has 0 saturated carbocycles. The number of rotatable bonds is 6. The zero-order valence-electron chi connectivity index (χ0n) is 10.2. The Morgan fingerprint density at radius 1 is 1.40 bits per heavy atom. The van der Waals surface area contributed by atoms with E-state index in [1.54, 1.807) is 0 Å². The van der Waals surface area contributed by atoms with Gasteiger partial charge in [-0.05, 0) is 5.92 Å². The predicted molar refractivity (Wildman–Crippen MR) is 61.5 cm³/mol. The molecule has 0 aliphatic carbocycles. The predicted octanol–water partition coefficient (Wildman–Crippen LogP) is 1.82. The van der Waals surface area contributed by atoms with Gasteiger partial charge in [-0.3, -0.25) is 4.68 Å². The summed E-state index contributed by atoms with van der Waals surface area (Å²) in [5.74, 6) is 0.664. The standard InChI is InChI=1S/C11H22N4/c1-5-10(4)7-15-8-11(13-14-15)6-12-9(2)3/h8-10,12H,5-7H2,1-4H3. The second-order valence-electron chi connectivity index (χ2n) is 4.48. The number of hydrogen-bond acceptors (Lipinski definition) is 3.